The summed E-state index contributed by atoms with van der Waals surface area (Å²) in [5, 5.41) is 0. The fourth-order valence-electron chi connectivity index (χ4n) is 2.19. The quantitative estimate of drug-likeness (QED) is 0.649. The lowest BCUT2D eigenvalue weighted by Gasteiger charge is -2.16. The van der Waals surface area contributed by atoms with E-state index in [4.69, 9.17) is 9.47 Å². The number of carbonyl (C=O) groups excluding carboxylic acids is 2. The summed E-state index contributed by atoms with van der Waals surface area (Å²) in [7, 11) is 0. The molecular formula is C18H26O4. The Hall–Kier alpha value is -1.84. The Kier molecular flexibility index (Phi) is 8.26. The Labute approximate surface area is 132 Å². The summed E-state index contributed by atoms with van der Waals surface area (Å²) in [6, 6.07) is 7.50. The summed E-state index contributed by atoms with van der Waals surface area (Å²) < 4.78 is 10.4. The lowest BCUT2D eigenvalue weighted by Crippen LogP contribution is -2.23. The second-order valence-corrected chi connectivity index (χ2v) is 5.21. The molecule has 1 unspecified atom stereocenters. The lowest BCUT2D eigenvalue weighted by molar-refractivity contribution is -0.145. The molecule has 0 aromatic heterocycles. The molecule has 0 amide bonds. The first-order valence-corrected chi connectivity index (χ1v) is 8.06. The Balaban J connectivity index is 2.72. The van der Waals surface area contributed by atoms with Crippen molar-refractivity contribution in [3.05, 3.63) is 35.4 Å². The SMILES string of the molecule is CCCCc1ccccc1C(=O)OC(CC)CC(=O)OCC. The van der Waals surface area contributed by atoms with Crippen LogP contribution in [0.2, 0.25) is 0 Å². The standard InChI is InChI=1S/C18H26O4/c1-4-7-10-14-11-8-9-12-16(14)18(20)22-15(5-2)13-17(19)21-6-3/h8-9,11-12,15H,4-7,10,13H2,1-3H3. The number of esters is 2. The van der Waals surface area contributed by atoms with Crippen LogP contribution in [0.15, 0.2) is 24.3 Å². The molecule has 0 bridgehead atoms. The molecule has 1 aromatic carbocycles. The van der Waals surface area contributed by atoms with Crippen molar-refractivity contribution in [2.45, 2.75) is 59.0 Å². The predicted octanol–water partition coefficient (Wildman–Crippen LogP) is 3.92. The number of ether oxygens (including phenoxy) is 2. The number of unbranched alkanes of at least 4 members (excludes halogenated alkanes) is 1. The molecule has 0 heterocycles. The van der Waals surface area contributed by atoms with Gasteiger partial charge in [0.25, 0.3) is 0 Å². The average Bonchev–Trinajstić information content (AvgIpc) is 2.52. The van der Waals surface area contributed by atoms with Gasteiger partial charge in [0.1, 0.15) is 6.10 Å². The van der Waals surface area contributed by atoms with Crippen LogP contribution in [0, 0.1) is 0 Å². The summed E-state index contributed by atoms with van der Waals surface area (Å²) in [6.45, 7) is 6.10. The zero-order chi connectivity index (χ0) is 16.4. The zero-order valence-electron chi connectivity index (χ0n) is 13.8. The smallest absolute Gasteiger partial charge is 0.338 e. The van der Waals surface area contributed by atoms with Crippen LogP contribution in [-0.2, 0) is 20.7 Å². The van der Waals surface area contributed by atoms with Crippen molar-refractivity contribution in [1.82, 2.24) is 0 Å². The van der Waals surface area contributed by atoms with Gasteiger partial charge in [0.15, 0.2) is 0 Å². The van der Waals surface area contributed by atoms with Crippen molar-refractivity contribution >= 4 is 11.9 Å². The van der Waals surface area contributed by atoms with E-state index in [2.05, 4.69) is 6.92 Å². The maximum atomic E-state index is 12.4. The Morgan fingerprint density at radius 2 is 1.86 bits per heavy atom. The predicted molar refractivity (Wildman–Crippen MR) is 85.8 cm³/mol. The van der Waals surface area contributed by atoms with Crippen molar-refractivity contribution in [1.29, 1.82) is 0 Å². The molecule has 122 valence electrons. The van der Waals surface area contributed by atoms with Crippen LogP contribution in [0.5, 0.6) is 0 Å². The third kappa shape index (κ3) is 5.88. The van der Waals surface area contributed by atoms with E-state index in [0.29, 0.717) is 18.6 Å². The van der Waals surface area contributed by atoms with Crippen LogP contribution in [0.4, 0.5) is 0 Å². The molecule has 0 radical (unpaired) electrons. The Morgan fingerprint density at radius 3 is 2.50 bits per heavy atom. The first-order valence-electron chi connectivity index (χ1n) is 8.06. The maximum Gasteiger partial charge on any atom is 0.338 e. The monoisotopic (exact) mass is 306 g/mol. The summed E-state index contributed by atoms with van der Waals surface area (Å²) in [5.41, 5.74) is 1.60. The molecule has 0 N–H and O–H groups in total. The second kappa shape index (κ2) is 9.98. The van der Waals surface area contributed by atoms with E-state index < -0.39 is 6.10 Å². The van der Waals surface area contributed by atoms with Crippen molar-refractivity contribution in [3.8, 4) is 0 Å². The number of carbonyl (C=O) groups is 2. The molecule has 4 heteroatoms. The first-order chi connectivity index (χ1) is 10.6. The van der Waals surface area contributed by atoms with Gasteiger partial charge in [-0.25, -0.2) is 4.79 Å². The summed E-state index contributed by atoms with van der Waals surface area (Å²) >= 11 is 0. The van der Waals surface area contributed by atoms with Crippen LogP contribution in [0.3, 0.4) is 0 Å². The van der Waals surface area contributed by atoms with E-state index in [1.165, 1.54) is 0 Å². The van der Waals surface area contributed by atoms with Gasteiger partial charge < -0.3 is 9.47 Å². The maximum absolute atomic E-state index is 12.4. The molecular weight excluding hydrogens is 280 g/mol. The zero-order valence-corrected chi connectivity index (χ0v) is 13.8. The largest absolute Gasteiger partial charge is 0.466 e. The molecule has 1 aromatic rings. The molecule has 4 nitrogen and oxygen atoms in total. The van der Waals surface area contributed by atoms with E-state index in [1.807, 2.05) is 25.1 Å². The van der Waals surface area contributed by atoms with E-state index in [9.17, 15) is 9.59 Å². The van der Waals surface area contributed by atoms with E-state index >= 15 is 0 Å². The van der Waals surface area contributed by atoms with Gasteiger partial charge in [-0.15, -0.1) is 0 Å². The third-order valence-electron chi connectivity index (χ3n) is 3.47. The van der Waals surface area contributed by atoms with Gasteiger partial charge in [-0.05, 0) is 37.8 Å². The van der Waals surface area contributed by atoms with Gasteiger partial charge in [-0.2, -0.15) is 0 Å². The molecule has 1 atom stereocenters. The van der Waals surface area contributed by atoms with Crippen molar-refractivity contribution in [3.63, 3.8) is 0 Å². The average molecular weight is 306 g/mol. The number of benzene rings is 1. The fourth-order valence-corrected chi connectivity index (χ4v) is 2.19. The molecule has 1 rings (SSSR count). The first kappa shape index (κ1) is 18.2. The summed E-state index contributed by atoms with van der Waals surface area (Å²) in [5.74, 6) is -0.690. The van der Waals surface area contributed by atoms with Crippen LogP contribution in [0.1, 0.15) is 62.4 Å². The van der Waals surface area contributed by atoms with Gasteiger partial charge in [-0.3, -0.25) is 4.79 Å². The van der Waals surface area contributed by atoms with Gasteiger partial charge in [-0.1, -0.05) is 38.5 Å². The highest BCUT2D eigenvalue weighted by atomic mass is 16.6. The highest BCUT2D eigenvalue weighted by Gasteiger charge is 2.20. The summed E-state index contributed by atoms with van der Waals surface area (Å²) in [4.78, 5) is 23.9. The third-order valence-corrected chi connectivity index (χ3v) is 3.47. The second-order valence-electron chi connectivity index (χ2n) is 5.21. The van der Waals surface area contributed by atoms with Gasteiger partial charge in [0.2, 0.25) is 0 Å². The van der Waals surface area contributed by atoms with Gasteiger partial charge in [0.05, 0.1) is 18.6 Å². The number of hydrogen-bond acceptors (Lipinski definition) is 4. The molecule has 0 aliphatic carbocycles. The minimum atomic E-state index is -0.439. The molecule has 0 aliphatic heterocycles. The van der Waals surface area contributed by atoms with E-state index in [1.54, 1.807) is 13.0 Å². The molecule has 0 saturated carbocycles. The van der Waals surface area contributed by atoms with Crippen LogP contribution in [0.25, 0.3) is 0 Å². The highest BCUT2D eigenvalue weighted by molar-refractivity contribution is 5.91. The van der Waals surface area contributed by atoms with Gasteiger partial charge in [0, 0.05) is 0 Å². The fraction of sp³-hybridized carbons (Fsp3) is 0.556. The number of rotatable bonds is 9. The molecule has 0 fully saturated rings. The summed E-state index contributed by atoms with van der Waals surface area (Å²) in [6.07, 6.45) is 3.21. The normalized spacial score (nSPS) is 11.8. The number of aryl methyl sites for hydroxylation is 1. The lowest BCUT2D eigenvalue weighted by atomic mass is 10.0. The molecule has 0 spiro atoms. The number of hydrogen-bond donors (Lipinski definition) is 0. The Morgan fingerprint density at radius 1 is 1.14 bits per heavy atom. The topological polar surface area (TPSA) is 52.6 Å². The van der Waals surface area contributed by atoms with Gasteiger partial charge >= 0.3 is 11.9 Å². The molecule has 22 heavy (non-hydrogen) atoms. The minimum absolute atomic E-state index is 0.104. The molecule has 0 saturated heterocycles. The minimum Gasteiger partial charge on any atom is -0.466 e. The van der Waals surface area contributed by atoms with E-state index in [0.717, 1.165) is 24.8 Å². The van der Waals surface area contributed by atoms with E-state index in [-0.39, 0.29) is 18.4 Å². The van der Waals surface area contributed by atoms with Crippen LogP contribution >= 0.6 is 0 Å². The highest BCUT2D eigenvalue weighted by Crippen LogP contribution is 2.16. The molecule has 0 aliphatic rings. The van der Waals surface area contributed by atoms with Crippen LogP contribution in [-0.4, -0.2) is 24.6 Å². The van der Waals surface area contributed by atoms with Crippen LogP contribution < -0.4 is 0 Å². The Bertz CT molecular complexity index is 482. The van der Waals surface area contributed by atoms with Crippen molar-refractivity contribution in [2.24, 2.45) is 0 Å². The van der Waals surface area contributed by atoms with Crippen molar-refractivity contribution in [2.75, 3.05) is 6.61 Å². The van der Waals surface area contributed by atoms with Crippen molar-refractivity contribution < 1.29 is 19.1 Å².